The van der Waals surface area contributed by atoms with E-state index in [1.807, 2.05) is 97.9 Å². The van der Waals surface area contributed by atoms with Crippen molar-refractivity contribution in [2.24, 2.45) is 0 Å². The number of ether oxygens (including phenoxy) is 3. The molecular weight excluding hydrogens is 693 g/mol. The number of benzene rings is 5. The fourth-order valence-electron chi connectivity index (χ4n) is 5.84. The first-order valence-corrected chi connectivity index (χ1v) is 18.8. The second-order valence-corrected chi connectivity index (χ2v) is 14.8. The zero-order valence-electron chi connectivity index (χ0n) is 28.5. The van der Waals surface area contributed by atoms with Crippen LogP contribution in [0.3, 0.4) is 0 Å². The van der Waals surface area contributed by atoms with Crippen molar-refractivity contribution in [1.82, 2.24) is 15.5 Å². The van der Waals surface area contributed by atoms with Crippen LogP contribution < -0.4 is 15.4 Å². The second kappa shape index (κ2) is 17.0. The van der Waals surface area contributed by atoms with Gasteiger partial charge in [0.15, 0.2) is 10.6 Å². The number of hydrogen-bond donors (Lipinski definition) is 3. The lowest BCUT2D eigenvalue weighted by Crippen LogP contribution is -2.31. The third kappa shape index (κ3) is 9.44. The molecule has 0 aliphatic carbocycles. The highest BCUT2D eigenvalue weighted by molar-refractivity contribution is 8.01. The van der Waals surface area contributed by atoms with E-state index in [1.54, 1.807) is 35.2 Å². The first-order valence-electron chi connectivity index (χ1n) is 17.0. The van der Waals surface area contributed by atoms with E-state index in [9.17, 15) is 9.90 Å². The highest BCUT2D eigenvalue weighted by Gasteiger charge is 2.32. The predicted molar refractivity (Wildman–Crippen MR) is 204 cm³/mol. The number of amides is 2. The second-order valence-electron chi connectivity index (χ2n) is 12.3. The zero-order valence-corrected chi connectivity index (χ0v) is 30.1. The molecule has 0 saturated carbocycles. The van der Waals surface area contributed by atoms with E-state index < -0.39 is 6.29 Å². The van der Waals surface area contributed by atoms with Crippen LogP contribution >= 0.6 is 23.1 Å². The molecule has 0 radical (unpaired) electrons. The number of aliphatic hydroxyl groups excluding tert-OH is 1. The van der Waals surface area contributed by atoms with Gasteiger partial charge in [-0.15, -0.1) is 10.2 Å². The summed E-state index contributed by atoms with van der Waals surface area (Å²) in [7, 11) is 0. The molecule has 9 nitrogen and oxygen atoms in total. The van der Waals surface area contributed by atoms with Crippen molar-refractivity contribution in [2.45, 2.75) is 49.3 Å². The minimum atomic E-state index is -0.578. The summed E-state index contributed by atoms with van der Waals surface area (Å²) in [6.07, 6.45) is -0.153. The maximum Gasteiger partial charge on any atom is 0.319 e. The van der Waals surface area contributed by atoms with E-state index in [0.29, 0.717) is 24.4 Å². The minimum Gasteiger partial charge on any atom is -0.457 e. The van der Waals surface area contributed by atoms with Gasteiger partial charge in [-0.3, -0.25) is 0 Å². The summed E-state index contributed by atoms with van der Waals surface area (Å²) in [5.41, 5.74) is 6.47. The third-order valence-corrected chi connectivity index (χ3v) is 10.6. The summed E-state index contributed by atoms with van der Waals surface area (Å²) in [4.78, 5) is 12.8. The minimum absolute atomic E-state index is 0.00416. The van der Waals surface area contributed by atoms with Crippen LogP contribution in [0.4, 0.5) is 10.5 Å². The Balaban J connectivity index is 0.999. The number of urea groups is 1. The Morgan fingerprint density at radius 1 is 0.827 bits per heavy atom. The Morgan fingerprint density at radius 2 is 1.58 bits per heavy atom. The molecule has 6 aromatic rings. The van der Waals surface area contributed by atoms with Crippen LogP contribution in [0.15, 0.2) is 132 Å². The van der Waals surface area contributed by atoms with Crippen molar-refractivity contribution in [3.05, 3.63) is 155 Å². The standard InChI is InChI=1S/C41H38N4O5S2/c1-27-44-45-41(52-27)51-26-37-23-38(30-15-13-28(25-46)14-16-30)50-39(49-37)33-10-6-9-32(22-33)31-8-5-7-29(21-31)24-42-40(47)43-34-17-19-36(20-18-34)48-35-11-3-2-4-12-35/h2-22,37-39,46H,23-26H2,1H3,(H2,42,43,47)/t37-,38+,39+/m0/s1. The molecule has 1 aliphatic heterocycles. The number of thioether (sulfide) groups is 1. The highest BCUT2D eigenvalue weighted by Crippen LogP contribution is 2.40. The molecule has 11 heteroatoms. The number of nitrogens with one attached hydrogen (secondary N) is 2. The lowest BCUT2D eigenvalue weighted by atomic mass is 9.99. The number of aromatic nitrogens is 2. The van der Waals surface area contributed by atoms with Gasteiger partial charge >= 0.3 is 6.03 Å². The number of hydrogen-bond acceptors (Lipinski definition) is 9. The molecule has 1 saturated heterocycles. The van der Waals surface area contributed by atoms with Gasteiger partial charge in [-0.1, -0.05) is 102 Å². The van der Waals surface area contributed by atoms with Gasteiger partial charge in [-0.2, -0.15) is 0 Å². The maximum atomic E-state index is 12.8. The van der Waals surface area contributed by atoms with Crippen molar-refractivity contribution in [3.63, 3.8) is 0 Å². The summed E-state index contributed by atoms with van der Waals surface area (Å²) in [5.74, 6) is 2.15. The van der Waals surface area contributed by atoms with Crippen molar-refractivity contribution in [2.75, 3.05) is 11.1 Å². The molecule has 0 unspecified atom stereocenters. The summed E-state index contributed by atoms with van der Waals surface area (Å²) < 4.78 is 19.9. The largest absolute Gasteiger partial charge is 0.457 e. The molecule has 2 amide bonds. The van der Waals surface area contributed by atoms with Gasteiger partial charge in [0, 0.05) is 30.0 Å². The van der Waals surface area contributed by atoms with Crippen LogP contribution in [0, 0.1) is 6.92 Å². The lowest BCUT2D eigenvalue weighted by Gasteiger charge is -2.36. The molecule has 1 aliphatic rings. The molecule has 2 heterocycles. The van der Waals surface area contributed by atoms with Gasteiger partial charge in [-0.05, 0) is 83.3 Å². The van der Waals surface area contributed by atoms with Crippen LogP contribution in [0.5, 0.6) is 11.5 Å². The molecule has 52 heavy (non-hydrogen) atoms. The van der Waals surface area contributed by atoms with E-state index in [0.717, 1.165) is 54.2 Å². The van der Waals surface area contributed by atoms with E-state index >= 15 is 0 Å². The van der Waals surface area contributed by atoms with Crippen LogP contribution in [0.25, 0.3) is 11.1 Å². The number of nitrogens with zero attached hydrogens (tertiary/aromatic N) is 2. The predicted octanol–water partition coefficient (Wildman–Crippen LogP) is 9.46. The van der Waals surface area contributed by atoms with Crippen LogP contribution in [0.2, 0.25) is 0 Å². The van der Waals surface area contributed by atoms with Gasteiger partial charge < -0.3 is 30.0 Å². The Hall–Kier alpha value is -5.04. The molecule has 3 atom stereocenters. The molecule has 3 N–H and O–H groups in total. The first kappa shape index (κ1) is 35.4. The third-order valence-electron chi connectivity index (χ3n) is 8.48. The van der Waals surface area contributed by atoms with Crippen molar-refractivity contribution in [1.29, 1.82) is 0 Å². The van der Waals surface area contributed by atoms with E-state index in [1.165, 1.54) is 0 Å². The number of para-hydroxylation sites is 1. The zero-order chi connectivity index (χ0) is 35.7. The van der Waals surface area contributed by atoms with E-state index in [2.05, 4.69) is 45.1 Å². The Morgan fingerprint density at radius 3 is 2.33 bits per heavy atom. The molecule has 1 fully saturated rings. The summed E-state index contributed by atoms with van der Waals surface area (Å²) in [5, 5.41) is 24.8. The quantitative estimate of drug-likeness (QED) is 0.107. The summed E-state index contributed by atoms with van der Waals surface area (Å²) >= 11 is 3.23. The first-order chi connectivity index (χ1) is 25.5. The summed E-state index contributed by atoms with van der Waals surface area (Å²) in [6.45, 7) is 2.30. The normalized spacial score (nSPS) is 17.0. The van der Waals surface area contributed by atoms with Crippen LogP contribution in [-0.4, -0.2) is 33.2 Å². The average Bonchev–Trinajstić information content (AvgIpc) is 3.62. The number of aliphatic hydroxyl groups is 1. The Labute approximate surface area is 311 Å². The molecular formula is C41H38N4O5S2. The fourth-order valence-corrected chi connectivity index (χ4v) is 7.70. The van der Waals surface area contributed by atoms with Crippen LogP contribution in [-0.2, 0) is 22.6 Å². The van der Waals surface area contributed by atoms with Crippen LogP contribution in [0.1, 0.15) is 46.1 Å². The van der Waals surface area contributed by atoms with E-state index in [-0.39, 0.29) is 24.8 Å². The number of carbonyl (C=O) groups is 1. The number of carbonyl (C=O) groups excluding carboxylic acids is 1. The molecule has 5 aromatic carbocycles. The van der Waals surface area contributed by atoms with Crippen molar-refractivity contribution in [3.8, 4) is 22.6 Å². The monoisotopic (exact) mass is 730 g/mol. The van der Waals surface area contributed by atoms with Gasteiger partial charge in [0.25, 0.3) is 0 Å². The van der Waals surface area contributed by atoms with Crippen molar-refractivity contribution < 1.29 is 24.1 Å². The highest BCUT2D eigenvalue weighted by atomic mass is 32.2. The Kier molecular flexibility index (Phi) is 11.6. The molecule has 264 valence electrons. The van der Waals surface area contributed by atoms with E-state index in [4.69, 9.17) is 14.2 Å². The Bertz CT molecular complexity index is 2080. The number of aryl methyl sites for hydroxylation is 1. The molecule has 7 rings (SSSR count). The van der Waals surface area contributed by atoms with Gasteiger partial charge in [0.1, 0.15) is 16.5 Å². The van der Waals surface area contributed by atoms with Gasteiger partial charge in [0.2, 0.25) is 0 Å². The fraction of sp³-hybridized carbons (Fsp3) is 0.195. The lowest BCUT2D eigenvalue weighted by molar-refractivity contribution is -0.245. The molecule has 0 bridgehead atoms. The van der Waals surface area contributed by atoms with Gasteiger partial charge in [-0.25, -0.2) is 4.79 Å². The molecule has 1 aromatic heterocycles. The average molecular weight is 731 g/mol. The smallest absolute Gasteiger partial charge is 0.319 e. The topological polar surface area (TPSA) is 115 Å². The maximum absolute atomic E-state index is 12.8. The number of rotatable bonds is 12. The number of anilines is 1. The van der Waals surface area contributed by atoms with Gasteiger partial charge in [0.05, 0.1) is 18.8 Å². The van der Waals surface area contributed by atoms with Crippen molar-refractivity contribution >= 4 is 34.8 Å². The summed E-state index contributed by atoms with van der Waals surface area (Å²) in [6, 6.07) is 40.7. The molecule has 0 spiro atoms. The SMILES string of the molecule is Cc1nnc(SC[C@@H]2C[C@H](c3ccc(CO)cc3)O[C@H](c3cccc(-c4cccc(CNC(=O)Nc5ccc(Oc6ccccc6)cc5)c4)c3)O2)s1.